The Balaban J connectivity index is 2.51. The molecule has 92 valence electrons. The van der Waals surface area contributed by atoms with Crippen LogP contribution in [0, 0.1) is 0 Å². The van der Waals surface area contributed by atoms with Crippen LogP contribution >= 0.6 is 0 Å². The van der Waals surface area contributed by atoms with E-state index in [1.54, 1.807) is 12.1 Å². The van der Waals surface area contributed by atoms with Crippen molar-refractivity contribution >= 4 is 11.8 Å². The summed E-state index contributed by atoms with van der Waals surface area (Å²) < 4.78 is 0. The minimum Gasteiger partial charge on any atom is -0.481 e. The first-order valence-electron chi connectivity index (χ1n) is 5.66. The molecule has 0 heterocycles. The first-order chi connectivity index (χ1) is 8.13. The molecular weight excluding hydrogens is 218 g/mol. The van der Waals surface area contributed by atoms with Gasteiger partial charge < -0.3 is 5.11 Å². The maximum Gasteiger partial charge on any atom is 0.304 e. The molecule has 4 nitrogen and oxygen atoms in total. The van der Waals surface area contributed by atoms with Crippen molar-refractivity contribution in [3.63, 3.8) is 0 Å². The van der Waals surface area contributed by atoms with Gasteiger partial charge >= 0.3 is 5.97 Å². The molecule has 1 aromatic rings. The fourth-order valence-corrected chi connectivity index (χ4v) is 1.52. The molecule has 0 aromatic heterocycles. The summed E-state index contributed by atoms with van der Waals surface area (Å²) in [5.74, 6) is -0.812. The summed E-state index contributed by atoms with van der Waals surface area (Å²) >= 11 is 0. The van der Waals surface area contributed by atoms with Crippen LogP contribution < -0.4 is 0 Å². The summed E-state index contributed by atoms with van der Waals surface area (Å²) in [5.41, 5.74) is 0.668. The Hall–Kier alpha value is -1.68. The molecule has 0 spiro atoms. The predicted molar refractivity (Wildman–Crippen MR) is 65.1 cm³/mol. The zero-order chi connectivity index (χ0) is 12.7. The number of nitrogens with zero attached hydrogens (tertiary/aromatic N) is 1. The van der Waals surface area contributed by atoms with Gasteiger partial charge in [-0.05, 0) is 6.54 Å². The van der Waals surface area contributed by atoms with Crippen LogP contribution in [0.15, 0.2) is 30.3 Å². The lowest BCUT2D eigenvalue weighted by Crippen LogP contribution is -2.31. The molecule has 0 unspecified atom stereocenters. The minimum absolute atomic E-state index is 0.0258. The normalized spacial score (nSPS) is 10.5. The van der Waals surface area contributed by atoms with Gasteiger partial charge in [-0.3, -0.25) is 14.5 Å². The van der Waals surface area contributed by atoms with Gasteiger partial charge in [0.1, 0.15) is 0 Å². The molecule has 0 saturated carbocycles. The van der Waals surface area contributed by atoms with Crippen molar-refractivity contribution in [3.05, 3.63) is 35.9 Å². The van der Waals surface area contributed by atoms with Crippen molar-refractivity contribution in [2.24, 2.45) is 0 Å². The number of ketones is 1. The zero-order valence-corrected chi connectivity index (χ0v) is 9.93. The van der Waals surface area contributed by atoms with E-state index in [0.717, 1.165) is 0 Å². The molecule has 0 atom stereocenters. The van der Waals surface area contributed by atoms with E-state index in [9.17, 15) is 9.59 Å². The number of hydrogen-bond acceptors (Lipinski definition) is 3. The smallest absolute Gasteiger partial charge is 0.304 e. The highest BCUT2D eigenvalue weighted by Gasteiger charge is 2.11. The lowest BCUT2D eigenvalue weighted by Gasteiger charge is -2.18. The number of hydrogen-bond donors (Lipinski definition) is 1. The molecule has 1 rings (SSSR count). The molecule has 1 N–H and O–H groups in total. The second kappa shape index (κ2) is 6.81. The average Bonchev–Trinajstić information content (AvgIpc) is 2.35. The van der Waals surface area contributed by atoms with E-state index >= 15 is 0 Å². The van der Waals surface area contributed by atoms with E-state index in [2.05, 4.69) is 0 Å². The Morgan fingerprint density at radius 1 is 1.24 bits per heavy atom. The van der Waals surface area contributed by atoms with E-state index < -0.39 is 5.97 Å². The van der Waals surface area contributed by atoms with Gasteiger partial charge in [-0.25, -0.2) is 0 Å². The lowest BCUT2D eigenvalue weighted by molar-refractivity contribution is -0.137. The lowest BCUT2D eigenvalue weighted by atomic mass is 10.1. The van der Waals surface area contributed by atoms with Gasteiger partial charge in [-0.15, -0.1) is 0 Å². The maximum absolute atomic E-state index is 11.9. The summed E-state index contributed by atoms with van der Waals surface area (Å²) in [6.07, 6.45) is 0.0654. The Morgan fingerprint density at radius 2 is 1.88 bits per heavy atom. The fourth-order valence-electron chi connectivity index (χ4n) is 1.52. The van der Waals surface area contributed by atoms with Crippen molar-refractivity contribution in [1.82, 2.24) is 4.90 Å². The molecule has 0 saturated heterocycles. The SMILES string of the molecule is CCN(CCC(=O)O)CC(=O)c1ccccc1. The Labute approximate surface area is 101 Å². The van der Waals surface area contributed by atoms with Crippen molar-refractivity contribution < 1.29 is 14.7 Å². The third kappa shape index (κ3) is 4.78. The molecule has 1 aromatic carbocycles. The number of carboxylic acid groups (broad SMARTS) is 1. The van der Waals surface area contributed by atoms with Crippen LogP contribution in [0.25, 0.3) is 0 Å². The summed E-state index contributed by atoms with van der Waals surface area (Å²) in [6.45, 7) is 3.27. The molecule has 0 bridgehead atoms. The topological polar surface area (TPSA) is 57.6 Å². The maximum atomic E-state index is 11.9. The number of carboxylic acids is 1. The summed E-state index contributed by atoms with van der Waals surface area (Å²) in [6, 6.07) is 9.04. The van der Waals surface area contributed by atoms with E-state index in [1.165, 1.54) is 0 Å². The zero-order valence-electron chi connectivity index (χ0n) is 9.93. The molecule has 0 fully saturated rings. The molecule has 0 aliphatic carbocycles. The van der Waals surface area contributed by atoms with Crippen molar-refractivity contribution in [2.75, 3.05) is 19.6 Å². The van der Waals surface area contributed by atoms with Gasteiger partial charge in [-0.1, -0.05) is 37.3 Å². The molecule has 17 heavy (non-hydrogen) atoms. The highest BCUT2D eigenvalue weighted by Crippen LogP contribution is 2.02. The number of aliphatic carboxylic acids is 1. The minimum atomic E-state index is -0.837. The Bertz CT molecular complexity index is 376. The van der Waals surface area contributed by atoms with E-state index in [4.69, 9.17) is 5.11 Å². The molecule has 0 aliphatic heterocycles. The summed E-state index contributed by atoms with van der Waals surface area (Å²) in [5, 5.41) is 8.60. The van der Waals surface area contributed by atoms with Crippen LogP contribution in [-0.4, -0.2) is 41.4 Å². The molecule has 0 aliphatic rings. The fraction of sp³-hybridized carbons (Fsp3) is 0.385. The van der Waals surface area contributed by atoms with Crippen LogP contribution in [0.1, 0.15) is 23.7 Å². The quantitative estimate of drug-likeness (QED) is 0.730. The predicted octanol–water partition coefficient (Wildman–Crippen LogP) is 1.67. The van der Waals surface area contributed by atoms with Crippen LogP contribution in [0.4, 0.5) is 0 Å². The average molecular weight is 235 g/mol. The monoisotopic (exact) mass is 235 g/mol. The third-order valence-electron chi connectivity index (χ3n) is 2.55. The number of rotatable bonds is 7. The molecular formula is C13H17NO3. The standard InChI is InChI=1S/C13H17NO3/c1-2-14(9-8-13(16)17)10-12(15)11-6-4-3-5-7-11/h3-7H,2,8-10H2,1H3,(H,16,17). The van der Waals surface area contributed by atoms with Crippen LogP contribution in [0.5, 0.6) is 0 Å². The highest BCUT2D eigenvalue weighted by molar-refractivity contribution is 5.97. The van der Waals surface area contributed by atoms with Crippen LogP contribution in [-0.2, 0) is 4.79 Å². The largest absolute Gasteiger partial charge is 0.481 e. The Morgan fingerprint density at radius 3 is 2.41 bits per heavy atom. The van der Waals surface area contributed by atoms with Crippen molar-refractivity contribution in [3.8, 4) is 0 Å². The second-order valence-corrected chi connectivity index (χ2v) is 3.80. The molecule has 0 radical (unpaired) electrons. The Kier molecular flexibility index (Phi) is 5.36. The highest BCUT2D eigenvalue weighted by atomic mass is 16.4. The van der Waals surface area contributed by atoms with Gasteiger partial charge in [0.2, 0.25) is 0 Å². The second-order valence-electron chi connectivity index (χ2n) is 3.80. The van der Waals surface area contributed by atoms with Crippen LogP contribution in [0.2, 0.25) is 0 Å². The first kappa shape index (κ1) is 13.4. The van der Waals surface area contributed by atoms with Gasteiger partial charge in [0.05, 0.1) is 13.0 Å². The molecule has 0 amide bonds. The van der Waals surface area contributed by atoms with E-state index in [-0.39, 0.29) is 18.7 Å². The van der Waals surface area contributed by atoms with E-state index in [0.29, 0.717) is 18.7 Å². The number of benzene rings is 1. The van der Waals surface area contributed by atoms with Gasteiger partial charge in [0.25, 0.3) is 0 Å². The van der Waals surface area contributed by atoms with Gasteiger partial charge in [0.15, 0.2) is 5.78 Å². The van der Waals surface area contributed by atoms with E-state index in [1.807, 2.05) is 30.0 Å². The summed E-state index contributed by atoms with van der Waals surface area (Å²) in [7, 11) is 0. The van der Waals surface area contributed by atoms with Gasteiger partial charge in [-0.2, -0.15) is 0 Å². The third-order valence-corrected chi connectivity index (χ3v) is 2.55. The number of carbonyl (C=O) groups excluding carboxylic acids is 1. The molecule has 4 heteroatoms. The summed E-state index contributed by atoms with van der Waals surface area (Å²) in [4.78, 5) is 24.2. The van der Waals surface area contributed by atoms with Gasteiger partial charge in [0, 0.05) is 12.1 Å². The number of likely N-dealkylation sites (N-methyl/N-ethyl adjacent to an activating group) is 1. The van der Waals surface area contributed by atoms with Crippen LogP contribution in [0.3, 0.4) is 0 Å². The van der Waals surface area contributed by atoms with Crippen molar-refractivity contribution in [1.29, 1.82) is 0 Å². The number of carbonyl (C=O) groups is 2. The van der Waals surface area contributed by atoms with Crippen molar-refractivity contribution in [2.45, 2.75) is 13.3 Å². The number of Topliss-reactive ketones (excluding diaryl/α,β-unsaturated/α-hetero) is 1. The first-order valence-corrected chi connectivity index (χ1v) is 5.66.